The first-order chi connectivity index (χ1) is 10.1. The number of aromatic nitrogens is 2. The number of benzene rings is 1. The predicted octanol–water partition coefficient (Wildman–Crippen LogP) is 3.51. The van der Waals surface area contributed by atoms with Crippen LogP contribution < -0.4 is 5.32 Å². The Morgan fingerprint density at radius 2 is 2.29 bits per heavy atom. The van der Waals surface area contributed by atoms with Gasteiger partial charge in [0.15, 0.2) is 0 Å². The monoisotopic (exact) mass is 288 g/mol. The lowest BCUT2D eigenvalue weighted by molar-refractivity contribution is -0.384. The number of nitro benzene ring substituents is 1. The van der Waals surface area contributed by atoms with Gasteiger partial charge in [-0.1, -0.05) is 25.5 Å². The third-order valence-corrected chi connectivity index (χ3v) is 3.44. The number of non-ortho nitro benzene ring substituents is 1. The Hall–Kier alpha value is -2.21. The number of aromatic amines is 1. The number of hydrogen-bond acceptors (Lipinski definition) is 4. The van der Waals surface area contributed by atoms with Crippen molar-refractivity contribution in [2.75, 3.05) is 0 Å². The minimum absolute atomic E-state index is 0.0517. The lowest BCUT2D eigenvalue weighted by atomic mass is 10.0. The van der Waals surface area contributed by atoms with E-state index in [9.17, 15) is 10.1 Å². The highest BCUT2D eigenvalue weighted by Gasteiger charge is 2.18. The highest BCUT2D eigenvalue weighted by molar-refractivity contribution is 5.35. The van der Waals surface area contributed by atoms with Gasteiger partial charge in [0.25, 0.3) is 5.69 Å². The maximum Gasteiger partial charge on any atom is 0.269 e. The molecule has 0 saturated carbocycles. The van der Waals surface area contributed by atoms with Crippen LogP contribution >= 0.6 is 0 Å². The summed E-state index contributed by atoms with van der Waals surface area (Å²) >= 11 is 0. The van der Waals surface area contributed by atoms with Gasteiger partial charge >= 0.3 is 0 Å². The van der Waals surface area contributed by atoms with Gasteiger partial charge in [0.2, 0.25) is 0 Å². The maximum absolute atomic E-state index is 10.9. The van der Waals surface area contributed by atoms with E-state index >= 15 is 0 Å². The fraction of sp³-hybridized carbons (Fsp3) is 0.400. The molecule has 2 aromatic rings. The Morgan fingerprint density at radius 1 is 1.48 bits per heavy atom. The molecule has 0 saturated heterocycles. The average molecular weight is 288 g/mol. The van der Waals surface area contributed by atoms with Crippen LogP contribution in [0, 0.1) is 10.1 Å². The van der Waals surface area contributed by atoms with Gasteiger partial charge in [0.1, 0.15) is 5.82 Å². The smallest absolute Gasteiger partial charge is 0.269 e. The van der Waals surface area contributed by atoms with Crippen LogP contribution in [0.3, 0.4) is 0 Å². The molecule has 2 unspecified atom stereocenters. The van der Waals surface area contributed by atoms with E-state index in [4.69, 9.17) is 0 Å². The van der Waals surface area contributed by atoms with Gasteiger partial charge in [-0.3, -0.25) is 10.1 Å². The van der Waals surface area contributed by atoms with E-state index in [1.165, 1.54) is 6.07 Å². The molecule has 0 aliphatic heterocycles. The molecule has 0 radical (unpaired) electrons. The van der Waals surface area contributed by atoms with Gasteiger partial charge in [0, 0.05) is 30.6 Å². The molecule has 1 heterocycles. The highest BCUT2D eigenvalue weighted by Crippen LogP contribution is 2.25. The van der Waals surface area contributed by atoms with Crippen molar-refractivity contribution in [3.63, 3.8) is 0 Å². The summed E-state index contributed by atoms with van der Waals surface area (Å²) in [5, 5.41) is 14.4. The van der Waals surface area contributed by atoms with Crippen molar-refractivity contribution < 1.29 is 4.92 Å². The number of hydrogen-bond donors (Lipinski definition) is 2. The van der Waals surface area contributed by atoms with Crippen LogP contribution in [0.5, 0.6) is 0 Å². The van der Waals surface area contributed by atoms with Crippen molar-refractivity contribution in [1.29, 1.82) is 0 Å². The Morgan fingerprint density at radius 3 is 2.90 bits per heavy atom. The van der Waals surface area contributed by atoms with Crippen molar-refractivity contribution in [2.24, 2.45) is 0 Å². The van der Waals surface area contributed by atoms with Crippen molar-refractivity contribution in [3.05, 3.63) is 58.2 Å². The van der Waals surface area contributed by atoms with Gasteiger partial charge in [0.05, 0.1) is 11.0 Å². The summed E-state index contributed by atoms with van der Waals surface area (Å²) in [4.78, 5) is 17.9. The molecule has 1 aromatic heterocycles. The normalized spacial score (nSPS) is 13.8. The number of nitrogens with zero attached hydrogens (tertiary/aromatic N) is 2. The first kappa shape index (κ1) is 15.2. The zero-order chi connectivity index (χ0) is 15.2. The minimum Gasteiger partial charge on any atom is -0.347 e. The quantitative estimate of drug-likeness (QED) is 0.603. The fourth-order valence-corrected chi connectivity index (χ4v) is 2.39. The molecule has 21 heavy (non-hydrogen) atoms. The van der Waals surface area contributed by atoms with Gasteiger partial charge in [-0.2, -0.15) is 0 Å². The summed E-state index contributed by atoms with van der Waals surface area (Å²) in [5.41, 5.74) is 1.06. The summed E-state index contributed by atoms with van der Waals surface area (Å²) in [6.45, 7) is 4.13. The van der Waals surface area contributed by atoms with E-state index in [2.05, 4.69) is 22.2 Å². The molecule has 0 fully saturated rings. The predicted molar refractivity (Wildman–Crippen MR) is 80.9 cm³/mol. The van der Waals surface area contributed by atoms with Crippen LogP contribution in [0.2, 0.25) is 0 Å². The summed E-state index contributed by atoms with van der Waals surface area (Å²) in [6, 6.07) is 6.93. The third-order valence-electron chi connectivity index (χ3n) is 3.44. The molecule has 2 atom stereocenters. The molecule has 6 nitrogen and oxygen atoms in total. The van der Waals surface area contributed by atoms with E-state index in [-0.39, 0.29) is 22.7 Å². The minimum atomic E-state index is -0.359. The van der Waals surface area contributed by atoms with E-state index in [0.29, 0.717) is 0 Å². The summed E-state index contributed by atoms with van der Waals surface area (Å²) in [5.74, 6) is 0.863. The molecule has 0 amide bonds. The van der Waals surface area contributed by atoms with E-state index in [1.807, 2.05) is 13.0 Å². The van der Waals surface area contributed by atoms with E-state index in [1.54, 1.807) is 24.5 Å². The second-order valence-electron chi connectivity index (χ2n) is 5.06. The Labute approximate surface area is 123 Å². The van der Waals surface area contributed by atoms with Gasteiger partial charge in [-0.05, 0) is 18.9 Å². The first-order valence-electron chi connectivity index (χ1n) is 7.11. The molecule has 2 rings (SSSR count). The summed E-state index contributed by atoms with van der Waals surface area (Å²) in [7, 11) is 0. The van der Waals surface area contributed by atoms with E-state index in [0.717, 1.165) is 24.2 Å². The molecule has 112 valence electrons. The number of H-pyrrole nitrogens is 1. The lowest BCUT2D eigenvalue weighted by Gasteiger charge is -2.22. The van der Waals surface area contributed by atoms with Crippen molar-refractivity contribution >= 4 is 5.69 Å². The SMILES string of the molecule is CCCC(NC(C)c1ncc[nH]1)c1cccc([N+](=O)[O-])c1. The topological polar surface area (TPSA) is 83.8 Å². The lowest BCUT2D eigenvalue weighted by Crippen LogP contribution is -2.25. The fourth-order valence-electron chi connectivity index (χ4n) is 2.39. The van der Waals surface area contributed by atoms with Gasteiger partial charge in [-0.25, -0.2) is 4.98 Å². The van der Waals surface area contributed by atoms with E-state index < -0.39 is 0 Å². The molecule has 2 N–H and O–H groups in total. The van der Waals surface area contributed by atoms with Gasteiger partial charge < -0.3 is 10.3 Å². The highest BCUT2D eigenvalue weighted by atomic mass is 16.6. The third kappa shape index (κ3) is 3.88. The van der Waals surface area contributed by atoms with Crippen LogP contribution in [-0.4, -0.2) is 14.9 Å². The Balaban J connectivity index is 2.18. The van der Waals surface area contributed by atoms with Crippen LogP contribution in [0.25, 0.3) is 0 Å². The molecule has 0 aliphatic rings. The standard InChI is InChI=1S/C15H20N4O2/c1-3-5-14(18-11(2)15-16-8-9-17-15)12-6-4-7-13(10-12)19(20)21/h4,6-11,14,18H,3,5H2,1-2H3,(H,16,17). The number of rotatable bonds is 7. The largest absolute Gasteiger partial charge is 0.347 e. The number of nitro groups is 1. The van der Waals surface area contributed by atoms with Crippen LogP contribution in [0.15, 0.2) is 36.7 Å². The maximum atomic E-state index is 10.9. The molecular formula is C15H20N4O2. The van der Waals surface area contributed by atoms with Crippen molar-refractivity contribution in [1.82, 2.24) is 15.3 Å². The average Bonchev–Trinajstić information content (AvgIpc) is 3.01. The second kappa shape index (κ2) is 6.99. The molecule has 0 spiro atoms. The van der Waals surface area contributed by atoms with Crippen molar-refractivity contribution in [3.8, 4) is 0 Å². The summed E-state index contributed by atoms with van der Waals surface area (Å²) < 4.78 is 0. The Bertz CT molecular complexity index is 583. The van der Waals surface area contributed by atoms with Crippen LogP contribution in [-0.2, 0) is 0 Å². The number of nitrogens with one attached hydrogen (secondary N) is 2. The molecule has 0 bridgehead atoms. The van der Waals surface area contributed by atoms with Gasteiger partial charge in [-0.15, -0.1) is 0 Å². The molecule has 0 aliphatic carbocycles. The molecular weight excluding hydrogens is 268 g/mol. The summed E-state index contributed by atoms with van der Waals surface area (Å²) in [6.07, 6.45) is 5.41. The molecule has 1 aromatic carbocycles. The second-order valence-corrected chi connectivity index (χ2v) is 5.06. The zero-order valence-corrected chi connectivity index (χ0v) is 12.2. The van der Waals surface area contributed by atoms with Crippen LogP contribution in [0.1, 0.15) is 50.2 Å². The van der Waals surface area contributed by atoms with Crippen molar-refractivity contribution in [2.45, 2.75) is 38.8 Å². The number of imidazole rings is 1. The first-order valence-corrected chi connectivity index (χ1v) is 7.11. The van der Waals surface area contributed by atoms with Crippen LogP contribution in [0.4, 0.5) is 5.69 Å². The Kier molecular flexibility index (Phi) is 5.05. The molecule has 6 heteroatoms. The zero-order valence-electron chi connectivity index (χ0n) is 12.2.